The Morgan fingerprint density at radius 2 is 1.92 bits per heavy atom. The second-order valence-electron chi connectivity index (χ2n) is 14.5. The van der Waals surface area contributed by atoms with Crippen molar-refractivity contribution in [3.05, 3.63) is 58.7 Å². The van der Waals surface area contributed by atoms with Crippen molar-refractivity contribution in [1.29, 1.82) is 0 Å². The molecule has 0 bridgehead atoms. The standard InChI is InChI=1S/C35H41FN5O7PS/c1-48-18-25-7-9-40(25)28-6-8-37-15-26(28)23-16-39(17-23)35(44)29-4-3-24-12-20-11-21(20)13-27(34(43)41(24)29)38-33(42)31-14-22-10-19(2-5-30(22)50-31)32(36)49(45,46)47/h2,5-6,8,10,14-15,20-21,23-25,27,29,32H,3-4,7,9,11-13,16-18H2,1H3,(H,38,42)(H2,45,46,47)/t20-,21+,24-,25+,27+,29+,32-/m1/s1. The summed E-state index contributed by atoms with van der Waals surface area (Å²) < 4.78 is 31.9. The highest BCUT2D eigenvalue weighted by atomic mass is 32.1. The molecule has 5 fully saturated rings. The molecule has 50 heavy (non-hydrogen) atoms. The average molecular weight is 726 g/mol. The first-order valence-electron chi connectivity index (χ1n) is 17.3. The topological polar surface area (TPSA) is 153 Å². The molecule has 266 valence electrons. The number of nitrogens with zero attached hydrogens (tertiary/aromatic N) is 4. The van der Waals surface area contributed by atoms with Crippen LogP contribution in [0.25, 0.3) is 10.1 Å². The molecule has 2 aromatic heterocycles. The molecular weight excluding hydrogens is 684 g/mol. The molecule has 8 rings (SSSR count). The highest BCUT2D eigenvalue weighted by molar-refractivity contribution is 7.51. The Bertz CT molecular complexity index is 1880. The largest absolute Gasteiger partial charge is 0.383 e. The SMILES string of the molecule is COC[C@@H]1CCN1c1ccncc1C1CN(C(=O)[C@@H]2CC[C@@H]3C[C@H]4C[C@H]4C[C@H](NC(=O)c4cc5cc([C@H](F)P(=O)(O)O)ccc5s4)C(=O)N32)C1. The number of alkyl halides is 1. The average Bonchev–Trinajstić information content (AvgIpc) is 3.42. The van der Waals surface area contributed by atoms with Gasteiger partial charge in [0, 0.05) is 67.0 Å². The number of nitrogens with one attached hydrogen (secondary N) is 1. The highest BCUT2D eigenvalue weighted by Gasteiger charge is 2.52. The van der Waals surface area contributed by atoms with Crippen molar-refractivity contribution in [1.82, 2.24) is 20.1 Å². The number of methoxy groups -OCH3 is 1. The van der Waals surface area contributed by atoms with Crippen molar-refractivity contribution in [2.24, 2.45) is 11.8 Å². The fourth-order valence-corrected chi connectivity index (χ4v) is 10.0. The molecule has 6 heterocycles. The van der Waals surface area contributed by atoms with Crippen LogP contribution in [0.5, 0.6) is 0 Å². The van der Waals surface area contributed by atoms with Crippen LogP contribution in [0.3, 0.4) is 0 Å². The first-order valence-corrected chi connectivity index (χ1v) is 19.8. The normalized spacial score (nSPS) is 28.6. The Balaban J connectivity index is 0.959. The zero-order valence-corrected chi connectivity index (χ0v) is 29.4. The number of thiophene rings is 1. The molecule has 5 aliphatic rings. The van der Waals surface area contributed by atoms with Gasteiger partial charge in [0.15, 0.2) is 0 Å². The van der Waals surface area contributed by atoms with Crippen molar-refractivity contribution in [2.45, 2.75) is 74.5 Å². The minimum atomic E-state index is -4.98. The minimum absolute atomic E-state index is 0.0384. The van der Waals surface area contributed by atoms with Crippen molar-refractivity contribution in [3.63, 3.8) is 0 Å². The molecule has 12 nitrogen and oxygen atoms in total. The Kier molecular flexibility index (Phi) is 8.74. The first kappa shape index (κ1) is 33.7. The zero-order chi connectivity index (χ0) is 34.9. The van der Waals surface area contributed by atoms with Gasteiger partial charge in [-0.2, -0.15) is 0 Å². The van der Waals surface area contributed by atoms with E-state index in [1.165, 1.54) is 18.2 Å². The van der Waals surface area contributed by atoms with E-state index in [4.69, 9.17) is 4.74 Å². The van der Waals surface area contributed by atoms with Gasteiger partial charge in [-0.15, -0.1) is 11.3 Å². The van der Waals surface area contributed by atoms with Gasteiger partial charge >= 0.3 is 7.60 Å². The van der Waals surface area contributed by atoms with Crippen molar-refractivity contribution in [3.8, 4) is 0 Å². The van der Waals surface area contributed by atoms with E-state index in [0.717, 1.165) is 54.8 Å². The minimum Gasteiger partial charge on any atom is -0.383 e. The lowest BCUT2D eigenvalue weighted by Gasteiger charge is -2.47. The van der Waals surface area contributed by atoms with Crippen LogP contribution < -0.4 is 10.2 Å². The number of hydrogen-bond acceptors (Lipinski definition) is 8. The number of halogens is 1. The summed E-state index contributed by atoms with van der Waals surface area (Å²) in [6, 6.07) is 6.73. The summed E-state index contributed by atoms with van der Waals surface area (Å²) in [6.07, 6.45) is 8.54. The Morgan fingerprint density at radius 1 is 1.12 bits per heavy atom. The van der Waals surface area contributed by atoms with Gasteiger partial charge in [0.25, 0.3) is 5.91 Å². The van der Waals surface area contributed by atoms with E-state index >= 15 is 0 Å². The molecule has 15 heteroatoms. The summed E-state index contributed by atoms with van der Waals surface area (Å²) >= 11 is 1.16. The fourth-order valence-electron chi connectivity index (χ4n) is 8.54. The Hall–Kier alpha value is -3.42. The summed E-state index contributed by atoms with van der Waals surface area (Å²) in [7, 11) is -3.27. The summed E-state index contributed by atoms with van der Waals surface area (Å²) in [5.74, 6) is -2.18. The third-order valence-electron chi connectivity index (χ3n) is 11.4. The van der Waals surface area contributed by atoms with Crippen LogP contribution in [0.4, 0.5) is 10.1 Å². The quantitative estimate of drug-likeness (QED) is 0.276. The zero-order valence-electron chi connectivity index (χ0n) is 27.7. The second kappa shape index (κ2) is 13.0. The van der Waals surface area contributed by atoms with Crippen LogP contribution in [0.2, 0.25) is 0 Å². The predicted molar refractivity (Wildman–Crippen MR) is 185 cm³/mol. The molecule has 1 saturated carbocycles. The van der Waals surface area contributed by atoms with Gasteiger partial charge in [0.1, 0.15) is 12.1 Å². The molecule has 4 aliphatic heterocycles. The van der Waals surface area contributed by atoms with Crippen LogP contribution >= 0.6 is 18.9 Å². The van der Waals surface area contributed by atoms with Gasteiger partial charge in [-0.05, 0) is 85.6 Å². The van der Waals surface area contributed by atoms with E-state index in [9.17, 15) is 33.1 Å². The second-order valence-corrected chi connectivity index (χ2v) is 17.3. The molecule has 0 spiro atoms. The van der Waals surface area contributed by atoms with Crippen molar-refractivity contribution < 1.29 is 37.9 Å². The van der Waals surface area contributed by atoms with E-state index in [1.54, 1.807) is 18.1 Å². The number of aromatic nitrogens is 1. The lowest BCUT2D eigenvalue weighted by Crippen LogP contribution is -2.60. The number of pyridine rings is 1. The van der Waals surface area contributed by atoms with Gasteiger partial charge in [0.05, 0.1) is 17.5 Å². The summed E-state index contributed by atoms with van der Waals surface area (Å²) in [5, 5.41) is 3.45. The monoisotopic (exact) mass is 725 g/mol. The third-order valence-corrected chi connectivity index (χ3v) is 13.4. The number of anilines is 1. The molecule has 0 radical (unpaired) electrons. The molecule has 3 amide bonds. The molecule has 0 unspecified atom stereocenters. The van der Waals surface area contributed by atoms with Crippen LogP contribution in [0.1, 0.15) is 71.2 Å². The molecule has 1 aromatic carbocycles. The number of carbonyl (C=O) groups excluding carboxylic acids is 3. The molecule has 7 atom stereocenters. The number of fused-ring (bicyclic) bond motifs is 3. The van der Waals surface area contributed by atoms with Crippen molar-refractivity contribution in [2.75, 3.05) is 38.3 Å². The molecule has 1 aliphatic carbocycles. The van der Waals surface area contributed by atoms with Crippen LogP contribution in [-0.2, 0) is 18.9 Å². The van der Waals surface area contributed by atoms with E-state index in [0.29, 0.717) is 65.4 Å². The van der Waals surface area contributed by atoms with Gasteiger partial charge in [-0.25, -0.2) is 4.39 Å². The lowest BCUT2D eigenvalue weighted by atomic mass is 9.88. The fraction of sp³-hybridized carbons (Fsp3) is 0.543. The number of rotatable bonds is 9. The number of benzene rings is 1. The van der Waals surface area contributed by atoms with Crippen LogP contribution in [0, 0.1) is 11.8 Å². The van der Waals surface area contributed by atoms with Gasteiger partial charge in [0.2, 0.25) is 17.7 Å². The van der Waals surface area contributed by atoms with Crippen LogP contribution in [-0.4, -0.2) is 99.8 Å². The maximum Gasteiger partial charge on any atom is 0.363 e. The number of likely N-dealkylation sites (tertiary alicyclic amines) is 1. The summed E-state index contributed by atoms with van der Waals surface area (Å²) in [4.78, 5) is 71.1. The van der Waals surface area contributed by atoms with E-state index in [-0.39, 0.29) is 29.3 Å². The highest BCUT2D eigenvalue weighted by Crippen LogP contribution is 2.53. The number of ether oxygens (including phenoxy) is 1. The van der Waals surface area contributed by atoms with Gasteiger partial charge < -0.3 is 34.5 Å². The summed E-state index contributed by atoms with van der Waals surface area (Å²) in [5.41, 5.74) is 2.12. The summed E-state index contributed by atoms with van der Waals surface area (Å²) in [6.45, 7) is 2.77. The lowest BCUT2D eigenvalue weighted by molar-refractivity contribution is -0.149. The smallest absolute Gasteiger partial charge is 0.363 e. The maximum atomic E-state index is 14.3. The number of carbonyl (C=O) groups is 3. The van der Waals surface area contributed by atoms with Crippen LogP contribution in [0.15, 0.2) is 42.7 Å². The van der Waals surface area contributed by atoms with Gasteiger partial charge in [-0.1, -0.05) is 6.07 Å². The predicted octanol–water partition coefficient (Wildman–Crippen LogP) is 4.18. The third kappa shape index (κ3) is 6.12. The van der Waals surface area contributed by atoms with Gasteiger partial charge in [-0.3, -0.25) is 23.9 Å². The molecular formula is C35H41FN5O7PS. The number of hydrogen-bond donors (Lipinski definition) is 3. The van der Waals surface area contributed by atoms with E-state index < -0.39 is 31.5 Å². The first-order chi connectivity index (χ1) is 24.0. The Morgan fingerprint density at radius 3 is 2.66 bits per heavy atom. The number of amides is 3. The molecule has 4 saturated heterocycles. The molecule has 3 N–H and O–H groups in total. The van der Waals surface area contributed by atoms with E-state index in [2.05, 4.69) is 15.2 Å². The maximum absolute atomic E-state index is 14.3. The Labute approximate surface area is 293 Å². The van der Waals surface area contributed by atoms with Crippen molar-refractivity contribution >= 4 is 52.4 Å². The molecule has 3 aromatic rings. The van der Waals surface area contributed by atoms with E-state index in [1.807, 2.05) is 23.4 Å².